The Bertz CT molecular complexity index is 2700. The zero-order valence-corrected chi connectivity index (χ0v) is 36.4. The largest absolute Gasteiger partial charge is 2.00 e. The first-order valence-electron chi connectivity index (χ1n) is 19.0. The second-order valence-corrected chi connectivity index (χ2v) is 14.4. The van der Waals surface area contributed by atoms with E-state index in [0.717, 1.165) is 49.9 Å². The quantitative estimate of drug-likeness (QED) is 0.100. The van der Waals surface area contributed by atoms with Gasteiger partial charge in [0.2, 0.25) is 5.95 Å². The van der Waals surface area contributed by atoms with Crippen molar-refractivity contribution in [1.82, 2.24) is 24.5 Å². The number of hydrogen-bond acceptors (Lipinski definition) is 6. The average Bonchev–Trinajstić information content (AvgIpc) is 3.57. The Labute approximate surface area is 372 Å². The van der Waals surface area contributed by atoms with Gasteiger partial charge < -0.3 is 24.0 Å². The van der Waals surface area contributed by atoms with E-state index in [4.69, 9.17) is 19.4 Å². The molecule has 7 nitrogen and oxygen atoms in total. The zero-order valence-electron chi connectivity index (χ0n) is 32.6. The van der Waals surface area contributed by atoms with Crippen LogP contribution in [0.5, 0.6) is 23.0 Å². The molecule has 0 fully saturated rings. The van der Waals surface area contributed by atoms with Crippen LogP contribution in [0.25, 0.3) is 61.4 Å². The van der Waals surface area contributed by atoms with Gasteiger partial charge in [0, 0.05) is 53.3 Å². The Kier molecular flexibility index (Phi) is 12.6. The Morgan fingerprint density at radius 1 is 0.492 bits per heavy atom. The second-order valence-electron chi connectivity index (χ2n) is 14.4. The molecule has 0 atom stereocenters. The van der Waals surface area contributed by atoms with Crippen LogP contribution >= 0.6 is 0 Å². The van der Waals surface area contributed by atoms with Crippen LogP contribution in [0.4, 0.5) is 0 Å². The van der Waals surface area contributed by atoms with Crippen LogP contribution in [-0.2, 0) is 41.5 Å². The number of hydrogen-bond donors (Lipinski definition) is 0. The van der Waals surface area contributed by atoms with Crippen LogP contribution in [0, 0.1) is 24.3 Å². The van der Waals surface area contributed by atoms with Gasteiger partial charge in [-0.05, 0) is 52.0 Å². The van der Waals surface area contributed by atoms with E-state index in [1.165, 1.54) is 16.7 Å². The maximum Gasteiger partial charge on any atom is 2.00 e. The fraction of sp³-hybridized carbons (Fsp3) is 0.120. The van der Waals surface area contributed by atoms with Gasteiger partial charge in [-0.2, -0.15) is 22.9 Å². The summed E-state index contributed by atoms with van der Waals surface area (Å²) in [6.45, 7) is 8.89. The average molecular weight is 1040 g/mol. The summed E-state index contributed by atoms with van der Waals surface area (Å²) in [5.41, 5.74) is 9.47. The molecule has 0 spiro atoms. The summed E-state index contributed by atoms with van der Waals surface area (Å²) in [5, 5.41) is 1.88. The molecule has 9 rings (SSSR count). The summed E-state index contributed by atoms with van der Waals surface area (Å²) in [4.78, 5) is 19.0. The minimum Gasteiger partial charge on any atom is -0.503 e. The van der Waals surface area contributed by atoms with E-state index in [1.807, 2.05) is 114 Å². The standard InChI is InChI=1S/C50H37N5O2.Pd.Pt/c1-32(2)41-16-11-17-42(33(3)4)49(41)36-30-53-50(54-31-36)55-47-28-39(56-37-14-9-12-34(26-37)45-18-5-7-24-51-45)20-22-43(47)44-23-21-40(29-48(44)55)57-38-15-10-13-35(27-38)46-19-6-8-25-52-46;;/h5-25,30-33H,1-4H3;;/q-4;2*+2. The van der Waals surface area contributed by atoms with Gasteiger partial charge in [-0.1, -0.05) is 93.3 Å². The first-order valence-corrected chi connectivity index (χ1v) is 19.0. The third-order valence-electron chi connectivity index (χ3n) is 9.89. The number of pyridine rings is 2. The van der Waals surface area contributed by atoms with Crippen LogP contribution in [0.1, 0.15) is 50.7 Å². The molecular formula is C50H37N5O2PdPt. The van der Waals surface area contributed by atoms with Crippen molar-refractivity contribution >= 4 is 21.8 Å². The Morgan fingerprint density at radius 2 is 0.949 bits per heavy atom. The number of rotatable bonds is 10. The molecule has 0 radical (unpaired) electrons. The molecule has 9 aromatic rings. The fourth-order valence-corrected chi connectivity index (χ4v) is 7.19. The van der Waals surface area contributed by atoms with Gasteiger partial charge in [0.15, 0.2) is 0 Å². The van der Waals surface area contributed by atoms with Gasteiger partial charge in [-0.15, -0.1) is 71.8 Å². The van der Waals surface area contributed by atoms with E-state index >= 15 is 0 Å². The smallest absolute Gasteiger partial charge is 0.503 e. The second kappa shape index (κ2) is 18.0. The number of fused-ring (bicyclic) bond motifs is 3. The first kappa shape index (κ1) is 41.4. The minimum absolute atomic E-state index is 0. The monoisotopic (exact) mass is 1040 g/mol. The number of benzene rings is 5. The molecule has 0 bridgehead atoms. The molecule has 4 heterocycles. The molecular weight excluding hydrogens is 1000 g/mol. The van der Waals surface area contributed by atoms with Crippen LogP contribution in [0.15, 0.2) is 140 Å². The molecule has 0 aliphatic carbocycles. The van der Waals surface area contributed by atoms with Gasteiger partial charge in [0.25, 0.3) is 0 Å². The van der Waals surface area contributed by atoms with Gasteiger partial charge in [-0.3, -0.25) is 0 Å². The van der Waals surface area contributed by atoms with E-state index in [9.17, 15) is 0 Å². The van der Waals surface area contributed by atoms with Crippen molar-refractivity contribution in [2.24, 2.45) is 0 Å². The topological polar surface area (TPSA) is 75.0 Å². The first-order chi connectivity index (χ1) is 27.9. The Morgan fingerprint density at radius 3 is 1.39 bits per heavy atom. The summed E-state index contributed by atoms with van der Waals surface area (Å²) in [6, 6.07) is 51.4. The molecule has 0 unspecified atom stereocenters. The van der Waals surface area contributed by atoms with Gasteiger partial charge >= 0.3 is 41.5 Å². The normalized spacial score (nSPS) is 11.1. The van der Waals surface area contributed by atoms with E-state index < -0.39 is 0 Å². The third kappa shape index (κ3) is 8.54. The summed E-state index contributed by atoms with van der Waals surface area (Å²) in [7, 11) is 0. The number of aromatic nitrogens is 5. The van der Waals surface area contributed by atoms with Crippen molar-refractivity contribution in [3.8, 4) is 62.6 Å². The third-order valence-corrected chi connectivity index (χ3v) is 9.89. The van der Waals surface area contributed by atoms with E-state index in [-0.39, 0.29) is 41.5 Å². The molecule has 4 aromatic heterocycles. The predicted octanol–water partition coefficient (Wildman–Crippen LogP) is 12.4. The molecule has 0 N–H and O–H groups in total. The van der Waals surface area contributed by atoms with Crippen LogP contribution < -0.4 is 9.47 Å². The molecule has 0 amide bonds. The van der Waals surface area contributed by atoms with Crippen molar-refractivity contribution in [3.05, 3.63) is 175 Å². The van der Waals surface area contributed by atoms with Crippen LogP contribution in [0.2, 0.25) is 0 Å². The van der Waals surface area contributed by atoms with Gasteiger partial charge in [0.05, 0.1) is 0 Å². The minimum atomic E-state index is 0. The molecule has 5 aromatic carbocycles. The number of nitrogens with zero attached hydrogens (tertiary/aromatic N) is 5. The SMILES string of the molecule is CC(C)c1cccc(C(C)C)c1-c1cnc(-n2c3[c-]c(Oc4[c-]c(-c5ccccn5)ccc4)ccc3c3ccc(Oc4[c-]c(-c5ccccn5)ccc4)[c-]c32)nc1.[Pd+2].[Pt+2]. The predicted molar refractivity (Wildman–Crippen MR) is 225 cm³/mol. The van der Waals surface area contributed by atoms with Crippen molar-refractivity contribution in [2.75, 3.05) is 0 Å². The van der Waals surface area contributed by atoms with E-state index in [2.05, 4.69) is 80.1 Å². The van der Waals surface area contributed by atoms with Gasteiger partial charge in [-0.25, -0.2) is 9.97 Å². The summed E-state index contributed by atoms with van der Waals surface area (Å²) in [5.74, 6) is 3.27. The zero-order chi connectivity index (χ0) is 38.9. The molecule has 0 aliphatic heterocycles. The molecule has 0 aliphatic rings. The van der Waals surface area contributed by atoms with E-state index in [1.54, 1.807) is 12.4 Å². The van der Waals surface area contributed by atoms with Crippen molar-refractivity contribution in [2.45, 2.75) is 39.5 Å². The Hall–Kier alpha value is -5.77. The molecule has 0 saturated carbocycles. The van der Waals surface area contributed by atoms with Crippen molar-refractivity contribution in [3.63, 3.8) is 0 Å². The van der Waals surface area contributed by atoms with Crippen LogP contribution in [-0.4, -0.2) is 24.5 Å². The van der Waals surface area contributed by atoms with Crippen molar-refractivity contribution in [1.29, 1.82) is 0 Å². The maximum absolute atomic E-state index is 6.40. The summed E-state index contributed by atoms with van der Waals surface area (Å²) in [6.07, 6.45) is 7.38. The maximum atomic E-state index is 6.40. The number of ether oxygens (including phenoxy) is 2. The summed E-state index contributed by atoms with van der Waals surface area (Å²) >= 11 is 0. The van der Waals surface area contributed by atoms with Crippen molar-refractivity contribution < 1.29 is 51.0 Å². The van der Waals surface area contributed by atoms with Crippen LogP contribution in [0.3, 0.4) is 0 Å². The Balaban J connectivity index is 0.00000264. The molecule has 294 valence electrons. The molecule has 0 saturated heterocycles. The van der Waals surface area contributed by atoms with E-state index in [0.29, 0.717) is 40.8 Å². The molecule has 59 heavy (non-hydrogen) atoms. The van der Waals surface area contributed by atoms with Gasteiger partial charge in [0.1, 0.15) is 0 Å². The fourth-order valence-electron chi connectivity index (χ4n) is 7.19. The molecule has 9 heteroatoms. The summed E-state index contributed by atoms with van der Waals surface area (Å²) < 4.78 is 14.8.